The number of rotatable bonds is 8. The number of aliphatic hydroxyl groups is 1. The van der Waals surface area contributed by atoms with Crippen molar-refractivity contribution in [2.75, 3.05) is 69.8 Å². The van der Waals surface area contributed by atoms with Gasteiger partial charge in [0, 0.05) is 49.4 Å². The molecule has 1 aromatic heterocycles. The van der Waals surface area contributed by atoms with Gasteiger partial charge in [0.15, 0.2) is 0 Å². The van der Waals surface area contributed by atoms with Gasteiger partial charge < -0.3 is 29.4 Å². The number of benzene rings is 2. The standard InChI is InChI=1S/C29H36N6O3/c1-4-27(37)33-14-16-34(17-15-33)28-24-12-13-35(26-11-7-9-21-8-5-6-10-23(21)26)18-25(24)30-29(31-28)38-20-22(19-36)32(2)3/h4-11,22,36H,1,12-20H2,2-3H3. The molecule has 1 atom stereocenters. The van der Waals surface area contributed by atoms with E-state index in [0.717, 1.165) is 30.0 Å². The Labute approximate surface area is 223 Å². The lowest BCUT2D eigenvalue weighted by Crippen LogP contribution is -2.49. The van der Waals surface area contributed by atoms with Crippen LogP contribution in [0.25, 0.3) is 10.8 Å². The van der Waals surface area contributed by atoms with Gasteiger partial charge in [-0.15, -0.1) is 0 Å². The van der Waals surface area contributed by atoms with Gasteiger partial charge in [0.25, 0.3) is 0 Å². The summed E-state index contributed by atoms with van der Waals surface area (Å²) >= 11 is 0. The van der Waals surface area contributed by atoms with Crippen molar-refractivity contribution in [3.05, 3.63) is 66.4 Å². The molecule has 2 aliphatic rings. The molecule has 2 aliphatic heterocycles. The number of likely N-dealkylation sites (N-methyl/N-ethyl adjacent to an activating group) is 1. The predicted molar refractivity (Wildman–Crippen MR) is 150 cm³/mol. The number of amides is 1. The van der Waals surface area contributed by atoms with Crippen LogP contribution in [0.2, 0.25) is 0 Å². The summed E-state index contributed by atoms with van der Waals surface area (Å²) in [5.74, 6) is 0.849. The van der Waals surface area contributed by atoms with Gasteiger partial charge in [0.05, 0.1) is 24.9 Å². The Morgan fingerprint density at radius 1 is 1.08 bits per heavy atom. The van der Waals surface area contributed by atoms with Gasteiger partial charge in [-0.1, -0.05) is 43.0 Å². The second kappa shape index (κ2) is 11.4. The van der Waals surface area contributed by atoms with Crippen molar-refractivity contribution >= 4 is 28.2 Å². The van der Waals surface area contributed by atoms with Gasteiger partial charge in [0.2, 0.25) is 5.91 Å². The molecule has 38 heavy (non-hydrogen) atoms. The van der Waals surface area contributed by atoms with Crippen molar-refractivity contribution in [1.82, 2.24) is 19.8 Å². The maximum absolute atomic E-state index is 12.1. The number of hydrogen-bond donors (Lipinski definition) is 1. The fourth-order valence-corrected chi connectivity index (χ4v) is 5.21. The zero-order valence-electron chi connectivity index (χ0n) is 22.2. The van der Waals surface area contributed by atoms with Gasteiger partial charge in [-0.25, -0.2) is 0 Å². The summed E-state index contributed by atoms with van der Waals surface area (Å²) in [5, 5.41) is 12.2. The van der Waals surface area contributed by atoms with Crippen LogP contribution in [-0.4, -0.2) is 96.9 Å². The summed E-state index contributed by atoms with van der Waals surface area (Å²) in [6.45, 7) is 8.02. The first-order valence-corrected chi connectivity index (χ1v) is 13.2. The molecule has 0 radical (unpaired) electrons. The maximum atomic E-state index is 12.1. The Kier molecular flexibility index (Phi) is 7.76. The Morgan fingerprint density at radius 3 is 2.58 bits per heavy atom. The number of ether oxygens (including phenoxy) is 1. The summed E-state index contributed by atoms with van der Waals surface area (Å²) in [6.07, 6.45) is 2.19. The number of aromatic nitrogens is 2. The van der Waals surface area contributed by atoms with Crippen LogP contribution in [-0.2, 0) is 17.8 Å². The van der Waals surface area contributed by atoms with E-state index in [2.05, 4.69) is 58.8 Å². The molecule has 0 spiro atoms. The van der Waals surface area contributed by atoms with Crippen LogP contribution < -0.4 is 14.5 Å². The monoisotopic (exact) mass is 516 g/mol. The Bertz CT molecular complexity index is 1300. The molecule has 9 nitrogen and oxygen atoms in total. The number of carbonyl (C=O) groups excluding carboxylic acids is 1. The second-order valence-electron chi connectivity index (χ2n) is 10.1. The molecule has 0 saturated carbocycles. The van der Waals surface area contributed by atoms with Crippen LogP contribution in [0.5, 0.6) is 6.01 Å². The van der Waals surface area contributed by atoms with Gasteiger partial charge in [-0.3, -0.25) is 4.79 Å². The van der Waals surface area contributed by atoms with Crippen LogP contribution in [0.4, 0.5) is 11.5 Å². The molecule has 1 unspecified atom stereocenters. The lowest BCUT2D eigenvalue weighted by Gasteiger charge is -2.38. The summed E-state index contributed by atoms with van der Waals surface area (Å²) in [4.78, 5) is 30.2. The molecule has 0 aliphatic carbocycles. The first-order chi connectivity index (χ1) is 18.5. The molecule has 1 fully saturated rings. The lowest BCUT2D eigenvalue weighted by atomic mass is 10.0. The van der Waals surface area contributed by atoms with Gasteiger partial charge in [-0.05, 0) is 38.0 Å². The third-order valence-electron chi connectivity index (χ3n) is 7.54. The van der Waals surface area contributed by atoms with E-state index in [0.29, 0.717) is 38.7 Å². The molecular formula is C29H36N6O3. The zero-order chi connectivity index (χ0) is 26.6. The zero-order valence-corrected chi connectivity index (χ0v) is 22.2. The van der Waals surface area contributed by atoms with Crippen molar-refractivity contribution < 1.29 is 14.6 Å². The topological polar surface area (TPSA) is 85.3 Å². The highest BCUT2D eigenvalue weighted by Gasteiger charge is 2.29. The number of fused-ring (bicyclic) bond motifs is 2. The maximum Gasteiger partial charge on any atom is 0.318 e. The molecule has 1 saturated heterocycles. The van der Waals surface area contributed by atoms with Gasteiger partial charge >= 0.3 is 6.01 Å². The van der Waals surface area contributed by atoms with E-state index in [1.54, 1.807) is 0 Å². The van der Waals surface area contributed by atoms with Crippen molar-refractivity contribution in [2.45, 2.75) is 19.0 Å². The highest BCUT2D eigenvalue weighted by molar-refractivity contribution is 5.94. The Balaban J connectivity index is 1.45. The molecule has 3 heterocycles. The summed E-state index contributed by atoms with van der Waals surface area (Å²) in [6, 6.07) is 15.0. The molecule has 0 bridgehead atoms. The first-order valence-electron chi connectivity index (χ1n) is 13.2. The van der Waals surface area contributed by atoms with Gasteiger partial charge in [0.1, 0.15) is 12.4 Å². The number of hydrogen-bond acceptors (Lipinski definition) is 8. The third-order valence-corrected chi connectivity index (χ3v) is 7.54. The number of anilines is 2. The Morgan fingerprint density at radius 2 is 1.84 bits per heavy atom. The molecule has 1 amide bonds. The average Bonchev–Trinajstić information content (AvgIpc) is 2.96. The van der Waals surface area contributed by atoms with E-state index in [-0.39, 0.29) is 25.2 Å². The van der Waals surface area contributed by atoms with E-state index in [4.69, 9.17) is 14.7 Å². The van der Waals surface area contributed by atoms with E-state index < -0.39 is 0 Å². The van der Waals surface area contributed by atoms with Gasteiger partial charge in [-0.2, -0.15) is 9.97 Å². The largest absolute Gasteiger partial charge is 0.462 e. The summed E-state index contributed by atoms with van der Waals surface area (Å²) in [5.41, 5.74) is 3.30. The van der Waals surface area contributed by atoms with Crippen LogP contribution in [0, 0.1) is 0 Å². The SMILES string of the molecule is C=CC(=O)N1CCN(c2nc(OCC(CO)N(C)C)nc3c2CCN(c2cccc4ccccc24)C3)CC1. The smallest absolute Gasteiger partial charge is 0.318 e. The number of aliphatic hydroxyl groups excluding tert-OH is 1. The van der Waals surface area contributed by atoms with E-state index in [9.17, 15) is 9.90 Å². The van der Waals surface area contributed by atoms with E-state index in [1.807, 2.05) is 23.9 Å². The fraction of sp³-hybridized carbons (Fsp3) is 0.414. The summed E-state index contributed by atoms with van der Waals surface area (Å²) < 4.78 is 6.06. The molecular weight excluding hydrogens is 480 g/mol. The fourth-order valence-electron chi connectivity index (χ4n) is 5.21. The van der Waals surface area contributed by atoms with Crippen LogP contribution in [0.3, 0.4) is 0 Å². The highest BCUT2D eigenvalue weighted by atomic mass is 16.5. The van der Waals surface area contributed by atoms with Crippen molar-refractivity contribution in [3.63, 3.8) is 0 Å². The predicted octanol–water partition coefficient (Wildman–Crippen LogP) is 2.33. The van der Waals surface area contributed by atoms with Crippen molar-refractivity contribution in [1.29, 1.82) is 0 Å². The lowest BCUT2D eigenvalue weighted by molar-refractivity contribution is -0.126. The molecule has 3 aromatic rings. The summed E-state index contributed by atoms with van der Waals surface area (Å²) in [7, 11) is 3.82. The number of nitrogens with zero attached hydrogens (tertiary/aromatic N) is 6. The number of piperazine rings is 1. The second-order valence-corrected chi connectivity index (χ2v) is 10.1. The quantitative estimate of drug-likeness (QED) is 0.457. The molecule has 200 valence electrons. The molecule has 5 rings (SSSR count). The third kappa shape index (κ3) is 5.30. The minimum Gasteiger partial charge on any atom is -0.462 e. The molecule has 9 heteroatoms. The van der Waals surface area contributed by atoms with E-state index >= 15 is 0 Å². The average molecular weight is 517 g/mol. The van der Waals surface area contributed by atoms with Crippen LogP contribution in [0.15, 0.2) is 55.1 Å². The molecule has 2 aromatic carbocycles. The van der Waals surface area contributed by atoms with Crippen LogP contribution >= 0.6 is 0 Å². The first kappa shape index (κ1) is 25.9. The minimum atomic E-state index is -0.154. The van der Waals surface area contributed by atoms with Crippen molar-refractivity contribution in [2.24, 2.45) is 0 Å². The molecule has 1 N–H and O–H groups in total. The Hall–Kier alpha value is -3.69. The normalized spacial score (nSPS) is 16.5. The number of carbonyl (C=O) groups is 1. The highest BCUT2D eigenvalue weighted by Crippen LogP contribution is 2.34. The van der Waals surface area contributed by atoms with Crippen molar-refractivity contribution in [3.8, 4) is 6.01 Å². The van der Waals surface area contributed by atoms with E-state index in [1.165, 1.54) is 22.5 Å². The van der Waals surface area contributed by atoms with Crippen LogP contribution in [0.1, 0.15) is 11.3 Å². The minimum absolute atomic E-state index is 0.0149.